The van der Waals surface area contributed by atoms with Crippen molar-refractivity contribution in [1.82, 2.24) is 15.1 Å². The number of aryl methyl sites for hydroxylation is 2. The Bertz CT molecular complexity index is 637. The number of hydrogen-bond donors (Lipinski definition) is 1. The second kappa shape index (κ2) is 7.01. The number of nitrogens with one attached hydrogen (secondary N) is 1. The highest BCUT2D eigenvalue weighted by Gasteiger charge is 2.17. The minimum atomic E-state index is 0.226. The predicted octanol–water partition coefficient (Wildman–Crippen LogP) is 4.06. The highest BCUT2D eigenvalue weighted by molar-refractivity contribution is 6.35. The van der Waals surface area contributed by atoms with Gasteiger partial charge in [-0.1, -0.05) is 40.9 Å². The van der Waals surface area contributed by atoms with Crippen molar-refractivity contribution in [2.45, 2.75) is 25.8 Å². The molecular formula is C15H18Cl3N3. The van der Waals surface area contributed by atoms with Crippen molar-refractivity contribution in [3.05, 3.63) is 50.2 Å². The Labute approximate surface area is 140 Å². The fourth-order valence-electron chi connectivity index (χ4n) is 2.38. The van der Waals surface area contributed by atoms with E-state index in [1.54, 1.807) is 10.7 Å². The molecule has 21 heavy (non-hydrogen) atoms. The molecule has 1 heterocycles. The average molecular weight is 347 g/mol. The van der Waals surface area contributed by atoms with Crippen LogP contribution in [0.3, 0.4) is 0 Å². The van der Waals surface area contributed by atoms with Crippen LogP contribution < -0.4 is 5.32 Å². The van der Waals surface area contributed by atoms with Gasteiger partial charge in [0.1, 0.15) is 5.15 Å². The molecule has 0 radical (unpaired) electrons. The first-order chi connectivity index (χ1) is 9.92. The van der Waals surface area contributed by atoms with E-state index >= 15 is 0 Å². The minimum absolute atomic E-state index is 0.226. The van der Waals surface area contributed by atoms with Crippen LogP contribution in [-0.4, -0.2) is 22.9 Å². The van der Waals surface area contributed by atoms with E-state index in [9.17, 15) is 0 Å². The molecule has 3 nitrogen and oxygen atoms in total. The van der Waals surface area contributed by atoms with E-state index in [0.29, 0.717) is 15.2 Å². The lowest BCUT2D eigenvalue weighted by Crippen LogP contribution is -2.30. The molecule has 1 unspecified atom stereocenters. The number of benzene rings is 1. The second-order valence-corrected chi connectivity index (χ2v) is 6.31. The summed E-state index contributed by atoms with van der Waals surface area (Å²) in [5.41, 5.74) is 3.10. The number of halogens is 3. The zero-order valence-electron chi connectivity index (χ0n) is 12.3. The van der Waals surface area contributed by atoms with E-state index in [-0.39, 0.29) is 6.04 Å². The van der Waals surface area contributed by atoms with Gasteiger partial charge < -0.3 is 5.32 Å². The van der Waals surface area contributed by atoms with Crippen LogP contribution in [0.2, 0.25) is 15.2 Å². The zero-order valence-corrected chi connectivity index (χ0v) is 14.5. The van der Waals surface area contributed by atoms with Crippen molar-refractivity contribution < 1.29 is 0 Å². The number of hydrogen-bond acceptors (Lipinski definition) is 2. The maximum absolute atomic E-state index is 6.30. The molecule has 0 aliphatic rings. The fraction of sp³-hybridized carbons (Fsp3) is 0.400. The summed E-state index contributed by atoms with van der Waals surface area (Å²) in [6.45, 7) is 1.98. The third-order valence-corrected chi connectivity index (χ3v) is 4.67. The number of rotatable bonds is 5. The van der Waals surface area contributed by atoms with E-state index in [0.717, 1.165) is 29.7 Å². The number of likely N-dealkylation sites (N-methyl/N-ethyl adjacent to an activating group) is 1. The lowest BCUT2D eigenvalue weighted by Gasteiger charge is -2.17. The van der Waals surface area contributed by atoms with Gasteiger partial charge in [0.25, 0.3) is 0 Å². The summed E-state index contributed by atoms with van der Waals surface area (Å²) in [6.07, 6.45) is 1.60. The van der Waals surface area contributed by atoms with E-state index in [2.05, 4.69) is 10.4 Å². The topological polar surface area (TPSA) is 29.9 Å². The Morgan fingerprint density at radius 3 is 2.48 bits per heavy atom. The van der Waals surface area contributed by atoms with Crippen molar-refractivity contribution in [2.24, 2.45) is 7.05 Å². The van der Waals surface area contributed by atoms with E-state index in [4.69, 9.17) is 34.8 Å². The number of nitrogens with zero attached hydrogens (tertiary/aromatic N) is 2. The Kier molecular flexibility index (Phi) is 5.55. The van der Waals surface area contributed by atoms with E-state index in [1.165, 1.54) is 0 Å². The molecule has 0 bridgehead atoms. The standard InChI is InChI=1S/C15H18Cl3N3/c1-9-13(15(18)21(3)20-9)8-12(19-2)6-10-4-5-11(16)7-14(10)17/h4-5,7,12,19H,6,8H2,1-3H3. The van der Waals surface area contributed by atoms with Crippen LogP contribution >= 0.6 is 34.8 Å². The summed E-state index contributed by atoms with van der Waals surface area (Å²) in [4.78, 5) is 0. The summed E-state index contributed by atoms with van der Waals surface area (Å²) in [5.74, 6) is 0. The molecule has 6 heteroatoms. The van der Waals surface area contributed by atoms with Crippen molar-refractivity contribution in [2.75, 3.05) is 7.05 Å². The molecule has 1 atom stereocenters. The Morgan fingerprint density at radius 2 is 1.95 bits per heavy atom. The van der Waals surface area contributed by atoms with Crippen molar-refractivity contribution >= 4 is 34.8 Å². The molecule has 0 saturated carbocycles. The quantitative estimate of drug-likeness (QED) is 0.884. The summed E-state index contributed by atoms with van der Waals surface area (Å²) in [5, 5.41) is 9.70. The van der Waals surface area contributed by atoms with Crippen molar-refractivity contribution in [1.29, 1.82) is 0 Å². The molecule has 1 N–H and O–H groups in total. The van der Waals surface area contributed by atoms with Gasteiger partial charge in [-0.15, -0.1) is 0 Å². The smallest absolute Gasteiger partial charge is 0.130 e. The minimum Gasteiger partial charge on any atom is -0.316 e. The first kappa shape index (κ1) is 16.6. The molecule has 0 saturated heterocycles. The van der Waals surface area contributed by atoms with Crippen LogP contribution in [0.4, 0.5) is 0 Å². The van der Waals surface area contributed by atoms with Gasteiger partial charge >= 0.3 is 0 Å². The van der Waals surface area contributed by atoms with Gasteiger partial charge in [0, 0.05) is 28.7 Å². The molecular weight excluding hydrogens is 329 g/mol. The monoisotopic (exact) mass is 345 g/mol. The van der Waals surface area contributed by atoms with Crippen molar-refractivity contribution in [3.8, 4) is 0 Å². The zero-order chi connectivity index (χ0) is 15.6. The molecule has 0 spiro atoms. The van der Waals surface area contributed by atoms with Gasteiger partial charge in [-0.2, -0.15) is 5.10 Å². The summed E-state index contributed by atoms with van der Waals surface area (Å²) >= 11 is 18.5. The predicted molar refractivity (Wildman–Crippen MR) is 89.7 cm³/mol. The summed E-state index contributed by atoms with van der Waals surface area (Å²) in [6, 6.07) is 5.82. The van der Waals surface area contributed by atoms with Crippen molar-refractivity contribution in [3.63, 3.8) is 0 Å². The van der Waals surface area contributed by atoms with Gasteiger partial charge in [-0.05, 0) is 44.5 Å². The Morgan fingerprint density at radius 1 is 1.24 bits per heavy atom. The molecule has 0 fully saturated rings. The highest BCUT2D eigenvalue weighted by atomic mass is 35.5. The molecule has 1 aromatic carbocycles. The van der Waals surface area contributed by atoms with Crippen LogP contribution in [0.1, 0.15) is 16.8 Å². The van der Waals surface area contributed by atoms with Gasteiger partial charge in [-0.25, -0.2) is 0 Å². The molecule has 114 valence electrons. The molecule has 0 aliphatic carbocycles. The lowest BCUT2D eigenvalue weighted by molar-refractivity contribution is 0.555. The largest absolute Gasteiger partial charge is 0.316 e. The molecule has 2 rings (SSSR count). The van der Waals surface area contributed by atoms with Gasteiger partial charge in [0.15, 0.2) is 0 Å². The highest BCUT2D eigenvalue weighted by Crippen LogP contribution is 2.25. The third-order valence-electron chi connectivity index (χ3n) is 3.61. The second-order valence-electron chi connectivity index (χ2n) is 5.11. The first-order valence-electron chi connectivity index (χ1n) is 6.71. The molecule has 2 aromatic rings. The van der Waals surface area contributed by atoms with E-state index < -0.39 is 0 Å². The number of aromatic nitrogens is 2. The van der Waals surface area contributed by atoms with Crippen LogP contribution in [0.25, 0.3) is 0 Å². The van der Waals surface area contributed by atoms with Gasteiger partial charge in [-0.3, -0.25) is 4.68 Å². The fourth-order valence-corrected chi connectivity index (χ4v) is 3.12. The first-order valence-corrected chi connectivity index (χ1v) is 7.85. The lowest BCUT2D eigenvalue weighted by atomic mass is 9.99. The summed E-state index contributed by atoms with van der Waals surface area (Å²) in [7, 11) is 3.79. The summed E-state index contributed by atoms with van der Waals surface area (Å²) < 4.78 is 1.70. The molecule has 1 aromatic heterocycles. The van der Waals surface area contributed by atoms with Crippen LogP contribution in [0.5, 0.6) is 0 Å². The Hall–Kier alpha value is -0.740. The molecule has 0 amide bonds. The molecule has 0 aliphatic heterocycles. The van der Waals surface area contributed by atoms with Gasteiger partial charge in [0.05, 0.1) is 5.69 Å². The SMILES string of the molecule is CNC(Cc1ccc(Cl)cc1Cl)Cc1c(C)nn(C)c1Cl. The maximum Gasteiger partial charge on any atom is 0.130 e. The Balaban J connectivity index is 2.17. The van der Waals surface area contributed by atoms with Crippen LogP contribution in [-0.2, 0) is 19.9 Å². The van der Waals surface area contributed by atoms with E-state index in [1.807, 2.05) is 33.2 Å². The van der Waals surface area contributed by atoms with Crippen LogP contribution in [0, 0.1) is 6.92 Å². The third kappa shape index (κ3) is 3.92. The normalized spacial score (nSPS) is 12.7. The maximum atomic E-state index is 6.30. The average Bonchev–Trinajstić information content (AvgIpc) is 2.67. The van der Waals surface area contributed by atoms with Gasteiger partial charge in [0.2, 0.25) is 0 Å². The van der Waals surface area contributed by atoms with Crippen LogP contribution in [0.15, 0.2) is 18.2 Å².